The van der Waals surface area contributed by atoms with Crippen molar-refractivity contribution in [1.82, 2.24) is 25.0 Å². The highest BCUT2D eigenvalue weighted by atomic mass is 35.5. The molecule has 140 valence electrons. The maximum atomic E-state index is 12.9. The predicted molar refractivity (Wildman–Crippen MR) is 105 cm³/mol. The molecule has 2 aliphatic rings. The number of carbonyl (C=O) groups excluding carboxylic acids is 1. The molecular weight excluding hydrogens is 370 g/mol. The Labute approximate surface area is 164 Å². The van der Waals surface area contributed by atoms with Crippen LogP contribution in [0.4, 0.5) is 0 Å². The summed E-state index contributed by atoms with van der Waals surface area (Å²) in [7, 11) is 0. The Morgan fingerprint density at radius 3 is 2.73 bits per heavy atom. The minimum absolute atomic E-state index is 0. The number of thioether (sulfide) groups is 1. The molecule has 6 nitrogen and oxygen atoms in total. The van der Waals surface area contributed by atoms with Crippen LogP contribution in [0.5, 0.6) is 0 Å². The fourth-order valence-electron chi connectivity index (χ4n) is 3.75. The van der Waals surface area contributed by atoms with Crippen molar-refractivity contribution >= 4 is 30.1 Å². The Kier molecular flexibility index (Phi) is 6.21. The van der Waals surface area contributed by atoms with Gasteiger partial charge in [0.15, 0.2) is 0 Å². The SMILES string of the molecule is CSc1ccccc1C(=O)N1CCC(c2nnc3n2CCNC3)CC1.Cl. The van der Waals surface area contributed by atoms with Crippen molar-refractivity contribution in [3.63, 3.8) is 0 Å². The highest BCUT2D eigenvalue weighted by molar-refractivity contribution is 7.98. The average Bonchev–Trinajstić information content (AvgIpc) is 3.11. The standard InChI is InChI=1S/C18H23N5OS.ClH/c1-25-15-5-3-2-4-14(15)18(24)22-9-6-13(7-10-22)17-21-20-16-12-19-8-11-23(16)17;/h2-5,13,19H,6-12H2,1H3;1H. The zero-order valence-electron chi connectivity index (χ0n) is 14.9. The maximum absolute atomic E-state index is 12.9. The van der Waals surface area contributed by atoms with E-state index in [0.29, 0.717) is 5.92 Å². The van der Waals surface area contributed by atoms with Gasteiger partial charge in [0.1, 0.15) is 11.6 Å². The summed E-state index contributed by atoms with van der Waals surface area (Å²) in [6.45, 7) is 4.29. The largest absolute Gasteiger partial charge is 0.339 e. The number of benzene rings is 1. The Morgan fingerprint density at radius 1 is 1.19 bits per heavy atom. The third-order valence-electron chi connectivity index (χ3n) is 5.14. The highest BCUT2D eigenvalue weighted by Gasteiger charge is 2.29. The Morgan fingerprint density at radius 2 is 1.96 bits per heavy atom. The van der Waals surface area contributed by atoms with E-state index in [-0.39, 0.29) is 18.3 Å². The van der Waals surface area contributed by atoms with Crippen LogP contribution in [-0.4, -0.2) is 51.5 Å². The van der Waals surface area contributed by atoms with Crippen molar-refractivity contribution in [2.45, 2.75) is 36.7 Å². The lowest BCUT2D eigenvalue weighted by Crippen LogP contribution is -2.39. The average molecular weight is 394 g/mol. The van der Waals surface area contributed by atoms with E-state index in [1.165, 1.54) is 0 Å². The van der Waals surface area contributed by atoms with Crippen molar-refractivity contribution < 1.29 is 4.79 Å². The van der Waals surface area contributed by atoms with Gasteiger partial charge in [-0.15, -0.1) is 34.4 Å². The van der Waals surface area contributed by atoms with Crippen LogP contribution in [-0.2, 0) is 13.1 Å². The number of carbonyl (C=O) groups is 1. The molecule has 1 N–H and O–H groups in total. The van der Waals surface area contributed by atoms with Gasteiger partial charge in [-0.05, 0) is 31.2 Å². The fraction of sp³-hybridized carbons (Fsp3) is 0.500. The number of fused-ring (bicyclic) bond motifs is 1. The molecular formula is C18H24ClN5OS. The lowest BCUT2D eigenvalue weighted by molar-refractivity contribution is 0.0706. The van der Waals surface area contributed by atoms with Crippen molar-refractivity contribution in [3.05, 3.63) is 41.5 Å². The zero-order chi connectivity index (χ0) is 17.2. The van der Waals surface area contributed by atoms with Gasteiger partial charge in [-0.1, -0.05) is 12.1 Å². The monoisotopic (exact) mass is 393 g/mol. The molecule has 0 saturated carbocycles. The third-order valence-corrected chi connectivity index (χ3v) is 5.93. The summed E-state index contributed by atoms with van der Waals surface area (Å²) in [5, 5.41) is 12.1. The van der Waals surface area contributed by atoms with Gasteiger partial charge < -0.3 is 14.8 Å². The van der Waals surface area contributed by atoms with E-state index in [9.17, 15) is 4.79 Å². The van der Waals surface area contributed by atoms with E-state index in [2.05, 4.69) is 20.1 Å². The number of likely N-dealkylation sites (tertiary alicyclic amines) is 1. The summed E-state index contributed by atoms with van der Waals surface area (Å²) < 4.78 is 2.27. The molecule has 0 spiro atoms. The van der Waals surface area contributed by atoms with Gasteiger partial charge >= 0.3 is 0 Å². The van der Waals surface area contributed by atoms with Crippen LogP contribution < -0.4 is 5.32 Å². The van der Waals surface area contributed by atoms with Gasteiger partial charge in [0.25, 0.3) is 5.91 Å². The lowest BCUT2D eigenvalue weighted by Gasteiger charge is -2.32. The van der Waals surface area contributed by atoms with Gasteiger partial charge in [0.2, 0.25) is 0 Å². The van der Waals surface area contributed by atoms with Gasteiger partial charge in [0, 0.05) is 37.0 Å². The minimum atomic E-state index is 0. The second-order valence-corrected chi connectivity index (χ2v) is 7.42. The van der Waals surface area contributed by atoms with Crippen LogP contribution in [0.15, 0.2) is 29.2 Å². The maximum Gasteiger partial charge on any atom is 0.254 e. The Bertz CT molecular complexity index is 773. The van der Waals surface area contributed by atoms with E-state index >= 15 is 0 Å². The molecule has 1 aromatic heterocycles. The number of piperidine rings is 1. The van der Waals surface area contributed by atoms with Crippen LogP contribution in [0.3, 0.4) is 0 Å². The second-order valence-electron chi connectivity index (χ2n) is 6.57. The molecule has 2 aliphatic heterocycles. The predicted octanol–water partition coefficient (Wildman–Crippen LogP) is 2.54. The molecule has 1 saturated heterocycles. The molecule has 2 aromatic rings. The summed E-state index contributed by atoms with van der Waals surface area (Å²) in [5.74, 6) is 2.69. The molecule has 0 bridgehead atoms. The first-order chi connectivity index (χ1) is 12.3. The Hall–Kier alpha value is -1.57. The summed E-state index contributed by atoms with van der Waals surface area (Å²) in [4.78, 5) is 15.9. The summed E-state index contributed by atoms with van der Waals surface area (Å²) in [6, 6.07) is 7.87. The number of nitrogens with one attached hydrogen (secondary N) is 1. The van der Waals surface area contributed by atoms with Gasteiger partial charge in [-0.3, -0.25) is 4.79 Å². The number of hydrogen-bond acceptors (Lipinski definition) is 5. The van der Waals surface area contributed by atoms with Crippen LogP contribution in [0.2, 0.25) is 0 Å². The van der Waals surface area contributed by atoms with E-state index < -0.39 is 0 Å². The number of aromatic nitrogens is 3. The zero-order valence-corrected chi connectivity index (χ0v) is 16.5. The van der Waals surface area contributed by atoms with Crippen LogP contribution in [0, 0.1) is 0 Å². The summed E-state index contributed by atoms with van der Waals surface area (Å²) in [6.07, 6.45) is 3.93. The van der Waals surface area contributed by atoms with Crippen molar-refractivity contribution in [2.75, 3.05) is 25.9 Å². The molecule has 8 heteroatoms. The molecule has 0 aliphatic carbocycles. The molecule has 0 atom stereocenters. The van der Waals surface area contributed by atoms with E-state index in [1.54, 1.807) is 11.8 Å². The summed E-state index contributed by atoms with van der Waals surface area (Å²) in [5.41, 5.74) is 0.819. The highest BCUT2D eigenvalue weighted by Crippen LogP contribution is 2.29. The van der Waals surface area contributed by atoms with Gasteiger partial charge in [0.05, 0.1) is 12.1 Å². The Balaban J connectivity index is 0.00000196. The molecule has 0 radical (unpaired) electrons. The number of rotatable bonds is 3. The molecule has 26 heavy (non-hydrogen) atoms. The summed E-state index contributed by atoms with van der Waals surface area (Å²) >= 11 is 1.63. The molecule has 3 heterocycles. The smallest absolute Gasteiger partial charge is 0.254 e. The molecule has 1 amide bonds. The van der Waals surface area contributed by atoms with Crippen LogP contribution in [0.1, 0.15) is 40.8 Å². The van der Waals surface area contributed by atoms with Crippen molar-refractivity contribution in [3.8, 4) is 0 Å². The van der Waals surface area contributed by atoms with Crippen molar-refractivity contribution in [1.29, 1.82) is 0 Å². The number of hydrogen-bond donors (Lipinski definition) is 1. The normalized spacial score (nSPS) is 17.5. The lowest BCUT2D eigenvalue weighted by atomic mass is 9.95. The van der Waals surface area contributed by atoms with Crippen molar-refractivity contribution in [2.24, 2.45) is 0 Å². The molecule has 1 aromatic carbocycles. The molecule has 1 fully saturated rings. The number of amides is 1. The quantitative estimate of drug-likeness (QED) is 0.812. The van der Waals surface area contributed by atoms with E-state index in [1.807, 2.05) is 35.4 Å². The van der Waals surface area contributed by atoms with E-state index in [4.69, 9.17) is 0 Å². The van der Waals surface area contributed by atoms with Crippen LogP contribution in [0.25, 0.3) is 0 Å². The van der Waals surface area contributed by atoms with Gasteiger partial charge in [-0.2, -0.15) is 0 Å². The topological polar surface area (TPSA) is 63.1 Å². The minimum Gasteiger partial charge on any atom is -0.339 e. The first-order valence-electron chi connectivity index (χ1n) is 8.83. The number of nitrogens with zero attached hydrogens (tertiary/aromatic N) is 4. The fourth-order valence-corrected chi connectivity index (χ4v) is 4.34. The van der Waals surface area contributed by atoms with Gasteiger partial charge in [-0.25, -0.2) is 0 Å². The first kappa shape index (κ1) is 19.2. The number of halogens is 1. The van der Waals surface area contributed by atoms with E-state index in [0.717, 1.165) is 67.7 Å². The molecule has 0 unspecified atom stereocenters. The third kappa shape index (κ3) is 3.61. The first-order valence-corrected chi connectivity index (χ1v) is 10.1. The second kappa shape index (κ2) is 8.41. The molecule has 4 rings (SSSR count). The van der Waals surface area contributed by atoms with Crippen LogP contribution >= 0.6 is 24.2 Å².